The summed E-state index contributed by atoms with van der Waals surface area (Å²) >= 11 is 0. The van der Waals surface area contributed by atoms with Gasteiger partial charge in [0.05, 0.1) is 0 Å². The van der Waals surface area contributed by atoms with Gasteiger partial charge in [-0.3, -0.25) is 0 Å². The maximum absolute atomic E-state index is 6.24. The predicted octanol–water partition coefficient (Wildman–Crippen LogP) is 2.69. The lowest BCUT2D eigenvalue weighted by atomic mass is 10.4. The van der Waals surface area contributed by atoms with Crippen LogP contribution in [-0.4, -0.2) is 54.4 Å². The number of hydrogen-bond acceptors (Lipinski definition) is 6. The molecule has 1 aromatic rings. The average Bonchev–Trinajstić information content (AvgIpc) is 2.62. The molecule has 25 heavy (non-hydrogen) atoms. The summed E-state index contributed by atoms with van der Waals surface area (Å²) in [7, 11) is -3.11. The van der Waals surface area contributed by atoms with Gasteiger partial charge in [0.25, 0.3) is 0 Å². The van der Waals surface area contributed by atoms with Crippen LogP contribution in [0, 0.1) is 0 Å². The molecule has 0 spiro atoms. The third-order valence-electron chi connectivity index (χ3n) is 3.33. The summed E-state index contributed by atoms with van der Waals surface area (Å²) in [5.41, 5.74) is 0. The summed E-state index contributed by atoms with van der Waals surface area (Å²) in [5, 5.41) is 0.900. The van der Waals surface area contributed by atoms with E-state index in [0.29, 0.717) is 33.0 Å². The van der Waals surface area contributed by atoms with Crippen LogP contribution >= 0.6 is 0 Å². The SMILES string of the molecule is CCOC(CO[Si](OCC)(OCC)c1ccccc1)(OCC)OCC. The first-order valence-corrected chi connectivity index (χ1v) is 10.7. The van der Waals surface area contributed by atoms with E-state index in [9.17, 15) is 0 Å². The molecule has 144 valence electrons. The van der Waals surface area contributed by atoms with Gasteiger partial charge in [-0.25, -0.2) is 0 Å². The first-order chi connectivity index (χ1) is 12.1. The van der Waals surface area contributed by atoms with E-state index in [1.165, 1.54) is 0 Å². The molecule has 0 heterocycles. The van der Waals surface area contributed by atoms with Gasteiger partial charge in [0.15, 0.2) is 0 Å². The zero-order valence-corrected chi connectivity index (χ0v) is 17.1. The Labute approximate surface area is 152 Å². The maximum atomic E-state index is 6.24. The molecule has 0 aromatic heterocycles. The van der Waals surface area contributed by atoms with E-state index < -0.39 is 14.8 Å². The lowest BCUT2D eigenvalue weighted by Crippen LogP contribution is -2.59. The molecule has 0 radical (unpaired) electrons. The van der Waals surface area contributed by atoms with Crippen LogP contribution in [0.2, 0.25) is 0 Å². The molecular weight excluding hydrogens is 340 g/mol. The van der Waals surface area contributed by atoms with E-state index in [2.05, 4.69) is 0 Å². The summed E-state index contributed by atoms with van der Waals surface area (Å²) in [5.74, 6) is -1.26. The zero-order chi connectivity index (χ0) is 18.6. The van der Waals surface area contributed by atoms with Crippen molar-refractivity contribution in [3.63, 3.8) is 0 Å². The Morgan fingerprint density at radius 1 is 0.680 bits per heavy atom. The van der Waals surface area contributed by atoms with Crippen molar-refractivity contribution in [3.8, 4) is 0 Å². The van der Waals surface area contributed by atoms with Crippen molar-refractivity contribution in [3.05, 3.63) is 30.3 Å². The van der Waals surface area contributed by atoms with E-state index in [4.69, 9.17) is 27.5 Å². The summed E-state index contributed by atoms with van der Waals surface area (Å²) < 4.78 is 35.5. The second kappa shape index (κ2) is 11.7. The first-order valence-electron chi connectivity index (χ1n) is 9.01. The van der Waals surface area contributed by atoms with Crippen LogP contribution < -0.4 is 5.19 Å². The topological polar surface area (TPSA) is 55.4 Å². The number of benzene rings is 1. The molecule has 0 fully saturated rings. The van der Waals surface area contributed by atoms with Gasteiger partial charge in [-0.1, -0.05) is 30.3 Å². The zero-order valence-electron chi connectivity index (χ0n) is 16.1. The molecule has 0 saturated heterocycles. The molecule has 0 aliphatic rings. The van der Waals surface area contributed by atoms with Crippen molar-refractivity contribution in [1.82, 2.24) is 0 Å². The summed E-state index contributed by atoms with van der Waals surface area (Å²) in [6, 6.07) is 9.76. The van der Waals surface area contributed by atoms with Crippen molar-refractivity contribution in [2.45, 2.75) is 40.6 Å². The molecule has 0 saturated carbocycles. The highest BCUT2D eigenvalue weighted by atomic mass is 28.4. The molecule has 0 bridgehead atoms. The Hall–Kier alpha value is -0.803. The highest BCUT2D eigenvalue weighted by Gasteiger charge is 2.47. The third-order valence-corrected chi connectivity index (χ3v) is 6.23. The fourth-order valence-electron chi connectivity index (χ4n) is 2.49. The van der Waals surface area contributed by atoms with Crippen molar-refractivity contribution in [2.24, 2.45) is 0 Å². The number of ether oxygens (including phenoxy) is 3. The van der Waals surface area contributed by atoms with Crippen LogP contribution in [0.3, 0.4) is 0 Å². The number of hydrogen-bond donors (Lipinski definition) is 0. The Bertz CT molecular complexity index is 433. The maximum Gasteiger partial charge on any atom is 0.537 e. The van der Waals surface area contributed by atoms with Crippen LogP contribution in [0.1, 0.15) is 34.6 Å². The lowest BCUT2D eigenvalue weighted by Gasteiger charge is -2.36. The van der Waals surface area contributed by atoms with Gasteiger partial charge in [0, 0.05) is 38.2 Å². The van der Waals surface area contributed by atoms with Gasteiger partial charge >= 0.3 is 14.8 Å². The fourth-order valence-corrected chi connectivity index (χ4v) is 4.97. The standard InChI is InChI=1S/C18H32O6Si/c1-6-19-18(20-7-2,21-8-3)16-24-25(22-9-4,23-10-5)17-14-12-11-13-15-17/h11-15H,6-10,16H2,1-5H3. The lowest BCUT2D eigenvalue weighted by molar-refractivity contribution is -0.387. The minimum atomic E-state index is -3.11. The molecule has 0 N–H and O–H groups in total. The summed E-state index contributed by atoms with van der Waals surface area (Å²) in [4.78, 5) is 0. The van der Waals surface area contributed by atoms with Gasteiger partial charge in [-0.05, 0) is 34.6 Å². The van der Waals surface area contributed by atoms with E-state index in [-0.39, 0.29) is 6.61 Å². The van der Waals surface area contributed by atoms with Crippen molar-refractivity contribution in [1.29, 1.82) is 0 Å². The van der Waals surface area contributed by atoms with Crippen molar-refractivity contribution in [2.75, 3.05) is 39.6 Å². The van der Waals surface area contributed by atoms with E-state index in [0.717, 1.165) is 5.19 Å². The highest BCUT2D eigenvalue weighted by Crippen LogP contribution is 2.20. The molecule has 0 aliphatic heterocycles. The minimum Gasteiger partial charge on any atom is -0.370 e. The Balaban J connectivity index is 3.09. The van der Waals surface area contributed by atoms with Crippen LogP contribution in [0.5, 0.6) is 0 Å². The van der Waals surface area contributed by atoms with Crippen LogP contribution in [0.15, 0.2) is 30.3 Å². The molecule has 0 aliphatic carbocycles. The van der Waals surface area contributed by atoms with E-state index in [1.54, 1.807) is 0 Å². The smallest absolute Gasteiger partial charge is 0.370 e. The molecule has 0 atom stereocenters. The van der Waals surface area contributed by atoms with E-state index >= 15 is 0 Å². The largest absolute Gasteiger partial charge is 0.537 e. The minimum absolute atomic E-state index is 0.0592. The van der Waals surface area contributed by atoms with Crippen molar-refractivity contribution < 1.29 is 27.5 Å². The highest BCUT2D eigenvalue weighted by molar-refractivity contribution is 6.75. The van der Waals surface area contributed by atoms with Crippen molar-refractivity contribution >= 4 is 14.0 Å². The molecule has 1 aromatic carbocycles. The van der Waals surface area contributed by atoms with Gasteiger partial charge < -0.3 is 27.5 Å². The van der Waals surface area contributed by atoms with Gasteiger partial charge in [-0.15, -0.1) is 0 Å². The third kappa shape index (κ3) is 6.45. The molecule has 6 nitrogen and oxygen atoms in total. The molecule has 0 unspecified atom stereocenters. The molecule has 1 rings (SSSR count). The van der Waals surface area contributed by atoms with Gasteiger partial charge in [0.1, 0.15) is 6.61 Å². The Kier molecular flexibility index (Phi) is 10.4. The second-order valence-corrected chi connectivity index (χ2v) is 7.61. The monoisotopic (exact) mass is 372 g/mol. The van der Waals surface area contributed by atoms with Gasteiger partial charge in [-0.2, -0.15) is 0 Å². The molecule has 0 amide bonds. The quantitative estimate of drug-likeness (QED) is 0.370. The van der Waals surface area contributed by atoms with Crippen LogP contribution in [-0.2, 0) is 27.5 Å². The predicted molar refractivity (Wildman–Crippen MR) is 98.6 cm³/mol. The first kappa shape index (κ1) is 22.2. The number of rotatable bonds is 14. The Morgan fingerprint density at radius 3 is 1.56 bits per heavy atom. The molecule has 7 heteroatoms. The van der Waals surface area contributed by atoms with Crippen LogP contribution in [0.4, 0.5) is 0 Å². The van der Waals surface area contributed by atoms with Crippen LogP contribution in [0.25, 0.3) is 0 Å². The normalized spacial score (nSPS) is 12.5. The average molecular weight is 373 g/mol. The van der Waals surface area contributed by atoms with E-state index in [1.807, 2.05) is 65.0 Å². The summed E-state index contributed by atoms with van der Waals surface area (Å²) in [6.45, 7) is 11.8. The molecular formula is C18H32O6Si. The second-order valence-electron chi connectivity index (χ2n) is 5.06. The fraction of sp³-hybridized carbons (Fsp3) is 0.667. The summed E-state index contributed by atoms with van der Waals surface area (Å²) in [6.07, 6.45) is 0. The Morgan fingerprint density at radius 2 is 1.16 bits per heavy atom. The van der Waals surface area contributed by atoms with Gasteiger partial charge in [0.2, 0.25) is 0 Å².